The molecule has 2 rings (SSSR count). The molecule has 0 aromatic carbocycles. The summed E-state index contributed by atoms with van der Waals surface area (Å²) < 4.78 is 7.98. The van der Waals surface area contributed by atoms with E-state index in [1.807, 2.05) is 13.4 Å². The standard InChI is InChI=1S/C15H29N5O/c1-13(2)20-12-16-17-14(20)10-19-8-6-15(21-5,7-9-19)11-18(3)4/h12-13H,6-11H2,1-5H3. The van der Waals surface area contributed by atoms with E-state index < -0.39 is 0 Å². The number of likely N-dealkylation sites (tertiary alicyclic amines) is 1. The zero-order valence-corrected chi connectivity index (χ0v) is 14.0. The summed E-state index contributed by atoms with van der Waals surface area (Å²) in [7, 11) is 6.06. The van der Waals surface area contributed by atoms with Crippen molar-refractivity contribution >= 4 is 0 Å². The lowest BCUT2D eigenvalue weighted by Gasteiger charge is -2.42. The Morgan fingerprint density at radius 2 is 2.00 bits per heavy atom. The third-order valence-corrected chi connectivity index (χ3v) is 4.37. The maximum absolute atomic E-state index is 5.83. The van der Waals surface area contributed by atoms with Crippen LogP contribution in [0.2, 0.25) is 0 Å². The SMILES string of the molecule is COC1(CN(C)C)CCN(Cc2nncn2C(C)C)CC1. The Labute approximate surface area is 128 Å². The molecule has 1 saturated heterocycles. The Kier molecular flexibility index (Phi) is 5.35. The third-order valence-electron chi connectivity index (χ3n) is 4.37. The molecule has 0 N–H and O–H groups in total. The van der Waals surface area contributed by atoms with Gasteiger partial charge in [-0.2, -0.15) is 0 Å². The molecule has 1 aliphatic heterocycles. The van der Waals surface area contributed by atoms with Crippen LogP contribution in [0.15, 0.2) is 6.33 Å². The van der Waals surface area contributed by atoms with Crippen LogP contribution in [0.3, 0.4) is 0 Å². The maximum Gasteiger partial charge on any atom is 0.147 e. The monoisotopic (exact) mass is 295 g/mol. The third kappa shape index (κ3) is 4.02. The molecule has 120 valence electrons. The molecule has 2 heterocycles. The van der Waals surface area contributed by atoms with Crippen molar-refractivity contribution in [3.05, 3.63) is 12.2 Å². The Morgan fingerprint density at radius 3 is 2.52 bits per heavy atom. The van der Waals surface area contributed by atoms with Crippen molar-refractivity contribution in [2.24, 2.45) is 0 Å². The van der Waals surface area contributed by atoms with Crippen LogP contribution in [0.5, 0.6) is 0 Å². The van der Waals surface area contributed by atoms with Gasteiger partial charge in [0, 0.05) is 32.8 Å². The van der Waals surface area contributed by atoms with E-state index in [9.17, 15) is 0 Å². The van der Waals surface area contributed by atoms with Gasteiger partial charge in [0.1, 0.15) is 12.2 Å². The quantitative estimate of drug-likeness (QED) is 0.794. The van der Waals surface area contributed by atoms with Crippen LogP contribution in [0.4, 0.5) is 0 Å². The highest BCUT2D eigenvalue weighted by atomic mass is 16.5. The zero-order chi connectivity index (χ0) is 15.5. The van der Waals surface area contributed by atoms with Crippen molar-refractivity contribution in [3.8, 4) is 0 Å². The first-order chi connectivity index (χ1) is 9.96. The minimum Gasteiger partial charge on any atom is -0.377 e. The lowest BCUT2D eigenvalue weighted by atomic mass is 9.90. The topological polar surface area (TPSA) is 46.4 Å². The van der Waals surface area contributed by atoms with Gasteiger partial charge in [-0.3, -0.25) is 4.90 Å². The molecule has 0 amide bonds. The summed E-state index contributed by atoms with van der Waals surface area (Å²) in [4.78, 5) is 4.67. The van der Waals surface area contributed by atoms with E-state index in [0.717, 1.165) is 44.8 Å². The Hall–Kier alpha value is -0.980. The van der Waals surface area contributed by atoms with Gasteiger partial charge < -0.3 is 14.2 Å². The van der Waals surface area contributed by atoms with Crippen molar-refractivity contribution in [1.82, 2.24) is 24.6 Å². The molecule has 0 atom stereocenters. The summed E-state index contributed by atoms with van der Waals surface area (Å²) in [5.74, 6) is 1.06. The highest BCUT2D eigenvalue weighted by Gasteiger charge is 2.35. The van der Waals surface area contributed by atoms with E-state index in [1.165, 1.54) is 0 Å². The van der Waals surface area contributed by atoms with Gasteiger partial charge in [0.15, 0.2) is 0 Å². The van der Waals surface area contributed by atoms with E-state index in [2.05, 4.69) is 52.5 Å². The van der Waals surface area contributed by atoms with Gasteiger partial charge in [-0.05, 0) is 40.8 Å². The van der Waals surface area contributed by atoms with E-state index in [1.54, 1.807) is 0 Å². The van der Waals surface area contributed by atoms with Crippen LogP contribution in [0.25, 0.3) is 0 Å². The lowest BCUT2D eigenvalue weighted by Crippen LogP contribution is -2.50. The Balaban J connectivity index is 1.93. The fourth-order valence-corrected chi connectivity index (χ4v) is 3.13. The number of likely N-dealkylation sites (N-methyl/N-ethyl adjacent to an activating group) is 1. The molecule has 0 bridgehead atoms. The van der Waals surface area contributed by atoms with Gasteiger partial charge in [-0.1, -0.05) is 0 Å². The fourth-order valence-electron chi connectivity index (χ4n) is 3.13. The first-order valence-corrected chi connectivity index (χ1v) is 7.76. The molecule has 0 aliphatic carbocycles. The predicted octanol–water partition coefficient (Wildman–Crippen LogP) is 1.40. The number of piperidine rings is 1. The normalized spacial score (nSPS) is 19.6. The highest BCUT2D eigenvalue weighted by Crippen LogP contribution is 2.27. The second kappa shape index (κ2) is 6.85. The molecule has 1 aliphatic rings. The van der Waals surface area contributed by atoms with Crippen molar-refractivity contribution in [1.29, 1.82) is 0 Å². The molecule has 0 saturated carbocycles. The van der Waals surface area contributed by atoms with Crippen molar-refractivity contribution < 1.29 is 4.74 Å². The number of hydrogen-bond acceptors (Lipinski definition) is 5. The minimum absolute atomic E-state index is 0.00568. The van der Waals surface area contributed by atoms with Gasteiger partial charge >= 0.3 is 0 Å². The van der Waals surface area contributed by atoms with Crippen LogP contribution in [-0.2, 0) is 11.3 Å². The fraction of sp³-hybridized carbons (Fsp3) is 0.867. The molecule has 1 aromatic rings. The van der Waals surface area contributed by atoms with Crippen LogP contribution in [0, 0.1) is 0 Å². The van der Waals surface area contributed by atoms with Gasteiger partial charge in [0.2, 0.25) is 0 Å². The molecule has 0 unspecified atom stereocenters. The number of aromatic nitrogens is 3. The molecular weight excluding hydrogens is 266 g/mol. The first kappa shape index (κ1) is 16.4. The highest BCUT2D eigenvalue weighted by molar-refractivity contribution is 4.93. The Bertz CT molecular complexity index is 435. The summed E-state index contributed by atoms with van der Waals surface area (Å²) in [5, 5.41) is 8.32. The van der Waals surface area contributed by atoms with Gasteiger partial charge in [-0.25, -0.2) is 0 Å². The Morgan fingerprint density at radius 1 is 1.33 bits per heavy atom. The largest absolute Gasteiger partial charge is 0.377 e. The van der Waals surface area contributed by atoms with E-state index in [0.29, 0.717) is 6.04 Å². The van der Waals surface area contributed by atoms with E-state index in [-0.39, 0.29) is 5.60 Å². The average molecular weight is 295 g/mol. The smallest absolute Gasteiger partial charge is 0.147 e. The molecule has 6 nitrogen and oxygen atoms in total. The number of nitrogens with zero attached hydrogens (tertiary/aromatic N) is 5. The first-order valence-electron chi connectivity index (χ1n) is 7.76. The maximum atomic E-state index is 5.83. The molecule has 6 heteroatoms. The summed E-state index contributed by atoms with van der Waals surface area (Å²) in [6.45, 7) is 8.28. The second-order valence-corrected chi connectivity index (χ2v) is 6.65. The van der Waals surface area contributed by atoms with E-state index in [4.69, 9.17) is 4.74 Å². The number of ether oxygens (including phenoxy) is 1. The zero-order valence-electron chi connectivity index (χ0n) is 14.0. The summed E-state index contributed by atoms with van der Waals surface area (Å²) in [6, 6.07) is 0.409. The van der Waals surface area contributed by atoms with Crippen molar-refractivity contribution in [3.63, 3.8) is 0 Å². The molecule has 0 radical (unpaired) electrons. The van der Waals surface area contributed by atoms with Gasteiger partial charge in [0.25, 0.3) is 0 Å². The van der Waals surface area contributed by atoms with Crippen molar-refractivity contribution in [2.45, 2.75) is 44.9 Å². The van der Waals surface area contributed by atoms with Crippen LogP contribution in [0.1, 0.15) is 38.6 Å². The van der Waals surface area contributed by atoms with Crippen LogP contribution in [-0.4, -0.2) is 71.0 Å². The van der Waals surface area contributed by atoms with Crippen molar-refractivity contribution in [2.75, 3.05) is 40.8 Å². The van der Waals surface area contributed by atoms with Gasteiger partial charge in [0.05, 0.1) is 12.1 Å². The molecule has 0 spiro atoms. The summed E-state index contributed by atoms with van der Waals surface area (Å²) in [5.41, 5.74) is 0.00568. The number of hydrogen-bond donors (Lipinski definition) is 0. The lowest BCUT2D eigenvalue weighted by molar-refractivity contribution is -0.0716. The minimum atomic E-state index is 0.00568. The summed E-state index contributed by atoms with van der Waals surface area (Å²) >= 11 is 0. The molecular formula is C15H29N5O. The second-order valence-electron chi connectivity index (χ2n) is 6.65. The molecule has 21 heavy (non-hydrogen) atoms. The number of methoxy groups -OCH3 is 1. The van der Waals surface area contributed by atoms with Gasteiger partial charge in [-0.15, -0.1) is 10.2 Å². The number of rotatable bonds is 6. The average Bonchev–Trinajstić information content (AvgIpc) is 2.89. The summed E-state index contributed by atoms with van der Waals surface area (Å²) in [6.07, 6.45) is 3.96. The molecule has 1 fully saturated rings. The predicted molar refractivity (Wildman–Crippen MR) is 83.2 cm³/mol. The van der Waals surface area contributed by atoms with E-state index >= 15 is 0 Å². The van der Waals surface area contributed by atoms with Crippen LogP contribution < -0.4 is 0 Å². The molecule has 1 aromatic heterocycles. The van der Waals surface area contributed by atoms with Crippen LogP contribution >= 0.6 is 0 Å².